The van der Waals surface area contributed by atoms with Crippen molar-refractivity contribution in [2.45, 2.75) is 6.54 Å². The summed E-state index contributed by atoms with van der Waals surface area (Å²) in [4.78, 5) is 0. The maximum Gasteiger partial charge on any atom is 0.382 e. The van der Waals surface area contributed by atoms with Crippen LogP contribution >= 0.6 is 0 Å². The van der Waals surface area contributed by atoms with Crippen LogP contribution in [-0.2, 0) is 16.8 Å². The molecule has 0 atom stereocenters. The predicted molar refractivity (Wildman–Crippen MR) is 92.3 cm³/mol. The fourth-order valence-corrected chi connectivity index (χ4v) is 3.68. The van der Waals surface area contributed by atoms with Gasteiger partial charge in [0, 0.05) is 17.7 Å². The highest BCUT2D eigenvalue weighted by Gasteiger charge is 2.24. The molecule has 1 aliphatic heterocycles. The minimum absolute atomic E-state index is 0.232. The third-order valence-corrected chi connectivity index (χ3v) is 4.97. The fourth-order valence-electron chi connectivity index (χ4n) is 2.87. The van der Waals surface area contributed by atoms with Gasteiger partial charge < -0.3 is 8.92 Å². The Labute approximate surface area is 140 Å². The molecule has 5 nitrogen and oxygen atoms in total. The largest absolute Gasteiger partial charge is 0.497 e. The van der Waals surface area contributed by atoms with Gasteiger partial charge in [-0.05, 0) is 34.5 Å². The van der Waals surface area contributed by atoms with Gasteiger partial charge in [0.1, 0.15) is 5.75 Å². The molecule has 0 saturated heterocycles. The number of ether oxygens (including phenoxy) is 1. The van der Waals surface area contributed by atoms with Gasteiger partial charge in [-0.25, -0.2) is 0 Å². The standard InChI is InChI=1S/C18H15NO4S/c1-22-16-8-7-12-9-14(6-5-13(12)10-16)17-4-2-3-15-11-19-24(20,21)23-18(15)17/h2-10,19H,11H2,1H3. The van der Waals surface area contributed by atoms with Gasteiger partial charge in [0.2, 0.25) is 0 Å². The molecule has 122 valence electrons. The molecule has 3 aromatic rings. The minimum Gasteiger partial charge on any atom is -0.497 e. The van der Waals surface area contributed by atoms with Crippen LogP contribution in [0.3, 0.4) is 0 Å². The Balaban J connectivity index is 1.86. The van der Waals surface area contributed by atoms with Crippen molar-refractivity contribution in [3.63, 3.8) is 0 Å². The van der Waals surface area contributed by atoms with Gasteiger partial charge in [-0.3, -0.25) is 0 Å². The smallest absolute Gasteiger partial charge is 0.382 e. The highest BCUT2D eigenvalue weighted by molar-refractivity contribution is 7.85. The molecular weight excluding hydrogens is 326 g/mol. The van der Waals surface area contributed by atoms with E-state index in [2.05, 4.69) is 4.72 Å². The molecule has 0 saturated carbocycles. The quantitative estimate of drug-likeness (QED) is 0.777. The first-order valence-corrected chi connectivity index (χ1v) is 8.86. The van der Waals surface area contributed by atoms with E-state index < -0.39 is 10.3 Å². The third kappa shape index (κ3) is 2.60. The first-order valence-electron chi connectivity index (χ1n) is 7.45. The average Bonchev–Trinajstić information content (AvgIpc) is 2.59. The zero-order valence-electron chi connectivity index (χ0n) is 12.9. The van der Waals surface area contributed by atoms with Crippen LogP contribution in [0.25, 0.3) is 21.9 Å². The topological polar surface area (TPSA) is 64.6 Å². The summed E-state index contributed by atoms with van der Waals surface area (Å²) in [5.41, 5.74) is 2.48. The van der Waals surface area contributed by atoms with Crippen LogP contribution in [0.2, 0.25) is 0 Å². The second kappa shape index (κ2) is 5.51. The maximum atomic E-state index is 11.7. The van der Waals surface area contributed by atoms with E-state index in [1.807, 2.05) is 54.6 Å². The van der Waals surface area contributed by atoms with Crippen LogP contribution in [0.5, 0.6) is 11.5 Å². The van der Waals surface area contributed by atoms with Crippen molar-refractivity contribution in [2.75, 3.05) is 7.11 Å². The molecule has 1 aliphatic rings. The van der Waals surface area contributed by atoms with Crippen LogP contribution < -0.4 is 13.6 Å². The lowest BCUT2D eigenvalue weighted by atomic mass is 9.98. The van der Waals surface area contributed by atoms with Crippen LogP contribution in [0.15, 0.2) is 54.6 Å². The summed E-state index contributed by atoms with van der Waals surface area (Å²) in [6.45, 7) is 0.232. The summed E-state index contributed by atoms with van der Waals surface area (Å²) in [7, 11) is -2.11. The van der Waals surface area contributed by atoms with E-state index in [1.54, 1.807) is 7.11 Å². The van der Waals surface area contributed by atoms with Crippen LogP contribution in [0.1, 0.15) is 5.56 Å². The van der Waals surface area contributed by atoms with E-state index in [0.29, 0.717) is 5.75 Å². The molecule has 1 N–H and O–H groups in total. The summed E-state index contributed by atoms with van der Waals surface area (Å²) in [6, 6.07) is 17.4. The Morgan fingerprint density at radius 1 is 1.04 bits per heavy atom. The third-order valence-electron chi connectivity index (χ3n) is 4.09. The van der Waals surface area contributed by atoms with Gasteiger partial charge in [0.15, 0.2) is 5.75 Å². The number of rotatable bonds is 2. The minimum atomic E-state index is -3.74. The molecule has 0 aliphatic carbocycles. The summed E-state index contributed by atoms with van der Waals surface area (Å²) >= 11 is 0. The first kappa shape index (κ1) is 15.0. The Morgan fingerprint density at radius 2 is 1.83 bits per heavy atom. The number of para-hydroxylation sites is 1. The van der Waals surface area contributed by atoms with E-state index in [4.69, 9.17) is 8.92 Å². The zero-order chi connectivity index (χ0) is 16.7. The molecule has 0 radical (unpaired) electrons. The summed E-state index contributed by atoms with van der Waals surface area (Å²) in [5.74, 6) is 1.19. The van der Waals surface area contributed by atoms with Gasteiger partial charge in [-0.1, -0.05) is 36.4 Å². The van der Waals surface area contributed by atoms with Crippen molar-refractivity contribution in [1.29, 1.82) is 0 Å². The monoisotopic (exact) mass is 341 g/mol. The molecule has 0 spiro atoms. The zero-order valence-corrected chi connectivity index (χ0v) is 13.8. The molecule has 0 unspecified atom stereocenters. The molecule has 0 fully saturated rings. The van der Waals surface area contributed by atoms with Gasteiger partial charge in [0.25, 0.3) is 0 Å². The normalized spacial score (nSPS) is 15.5. The number of hydrogen-bond acceptors (Lipinski definition) is 4. The SMILES string of the molecule is COc1ccc2cc(-c3cccc4c3OS(=O)(=O)NC4)ccc2c1. The summed E-state index contributed by atoms with van der Waals surface area (Å²) in [6.07, 6.45) is 0. The summed E-state index contributed by atoms with van der Waals surface area (Å²) in [5, 5.41) is 2.10. The van der Waals surface area contributed by atoms with E-state index in [-0.39, 0.29) is 6.54 Å². The van der Waals surface area contributed by atoms with Gasteiger partial charge in [0.05, 0.1) is 7.11 Å². The van der Waals surface area contributed by atoms with Gasteiger partial charge >= 0.3 is 10.3 Å². The van der Waals surface area contributed by atoms with Crippen LogP contribution in [0.4, 0.5) is 0 Å². The molecule has 0 amide bonds. The molecule has 4 rings (SSSR count). The Morgan fingerprint density at radius 3 is 2.67 bits per heavy atom. The fraction of sp³-hybridized carbons (Fsp3) is 0.111. The number of nitrogens with one attached hydrogen (secondary N) is 1. The number of methoxy groups -OCH3 is 1. The predicted octanol–water partition coefficient (Wildman–Crippen LogP) is 3.24. The second-order valence-corrected chi connectivity index (χ2v) is 6.94. The van der Waals surface area contributed by atoms with Crippen molar-refractivity contribution in [2.24, 2.45) is 0 Å². The van der Waals surface area contributed by atoms with E-state index in [0.717, 1.165) is 33.2 Å². The Kier molecular flexibility index (Phi) is 3.44. The van der Waals surface area contributed by atoms with E-state index in [1.165, 1.54) is 0 Å². The highest BCUT2D eigenvalue weighted by Crippen LogP contribution is 2.37. The van der Waals surface area contributed by atoms with Crippen molar-refractivity contribution < 1.29 is 17.3 Å². The molecule has 0 aromatic heterocycles. The molecular formula is C18H15NO4S. The van der Waals surface area contributed by atoms with Gasteiger partial charge in [-0.2, -0.15) is 13.1 Å². The molecule has 3 aromatic carbocycles. The Bertz CT molecular complexity index is 1040. The Hall–Kier alpha value is -2.57. The van der Waals surface area contributed by atoms with Crippen molar-refractivity contribution >= 4 is 21.1 Å². The molecule has 0 bridgehead atoms. The number of fused-ring (bicyclic) bond motifs is 2. The number of benzene rings is 3. The lowest BCUT2D eigenvalue weighted by molar-refractivity contribution is 0.415. The van der Waals surface area contributed by atoms with Crippen molar-refractivity contribution in [3.8, 4) is 22.6 Å². The van der Waals surface area contributed by atoms with Crippen molar-refractivity contribution in [3.05, 3.63) is 60.2 Å². The van der Waals surface area contributed by atoms with Crippen LogP contribution in [-0.4, -0.2) is 15.5 Å². The molecule has 24 heavy (non-hydrogen) atoms. The summed E-state index contributed by atoms with van der Waals surface area (Å²) < 4.78 is 36.3. The first-order chi connectivity index (χ1) is 11.6. The lowest BCUT2D eigenvalue weighted by Crippen LogP contribution is -2.32. The lowest BCUT2D eigenvalue weighted by Gasteiger charge is -2.20. The second-order valence-electron chi connectivity index (χ2n) is 5.58. The van der Waals surface area contributed by atoms with E-state index >= 15 is 0 Å². The number of hydrogen-bond donors (Lipinski definition) is 1. The van der Waals surface area contributed by atoms with Crippen LogP contribution in [0, 0.1) is 0 Å². The van der Waals surface area contributed by atoms with Gasteiger partial charge in [-0.15, -0.1) is 0 Å². The highest BCUT2D eigenvalue weighted by atomic mass is 32.2. The van der Waals surface area contributed by atoms with Crippen molar-refractivity contribution in [1.82, 2.24) is 4.72 Å². The maximum absolute atomic E-state index is 11.7. The molecule has 1 heterocycles. The molecule has 6 heteroatoms. The van der Waals surface area contributed by atoms with E-state index in [9.17, 15) is 8.42 Å². The average molecular weight is 341 g/mol.